The van der Waals surface area contributed by atoms with Crippen molar-refractivity contribution in [2.24, 2.45) is 0 Å². The highest BCUT2D eigenvalue weighted by molar-refractivity contribution is 5.96. The number of hydrogen-bond acceptors (Lipinski definition) is 11. The van der Waals surface area contributed by atoms with E-state index in [4.69, 9.17) is 18.6 Å². The molecule has 0 amide bonds. The van der Waals surface area contributed by atoms with Crippen molar-refractivity contribution in [3.8, 4) is 23.0 Å². The molecule has 166 valence electrons. The van der Waals surface area contributed by atoms with E-state index in [1.807, 2.05) is 0 Å². The Balaban J connectivity index is 1.89. The molecule has 31 heavy (non-hydrogen) atoms. The molecule has 0 aliphatic carbocycles. The predicted octanol–water partition coefficient (Wildman–Crippen LogP) is -0.455. The molecule has 0 unspecified atom stereocenters. The number of aromatic hydroxyl groups is 2. The number of ether oxygens (including phenoxy) is 3. The number of hydrogen-bond donors (Lipinski definition) is 6. The van der Waals surface area contributed by atoms with Crippen molar-refractivity contribution in [3.63, 3.8) is 0 Å². The summed E-state index contributed by atoms with van der Waals surface area (Å²) in [6, 6.07) is 5.13. The lowest BCUT2D eigenvalue weighted by atomic mass is 9.99. The van der Waals surface area contributed by atoms with E-state index in [1.54, 1.807) is 0 Å². The zero-order valence-electron chi connectivity index (χ0n) is 16.1. The summed E-state index contributed by atoms with van der Waals surface area (Å²) in [6.07, 6.45) is -7.73. The van der Waals surface area contributed by atoms with E-state index in [1.165, 1.54) is 25.3 Å². The molecule has 0 bridgehead atoms. The third kappa shape index (κ3) is 3.42. The first-order chi connectivity index (χ1) is 14.8. The number of phenolic OH excluding ortho intramolecular Hbond substituents is 2. The van der Waals surface area contributed by atoms with Gasteiger partial charge in [0, 0.05) is 6.07 Å². The van der Waals surface area contributed by atoms with Crippen LogP contribution in [-0.4, -0.2) is 75.1 Å². The first kappa shape index (κ1) is 21.2. The molecule has 1 saturated heterocycles. The van der Waals surface area contributed by atoms with Gasteiger partial charge in [0.1, 0.15) is 30.2 Å². The monoisotopic (exact) mass is 436 g/mol. The van der Waals surface area contributed by atoms with Crippen LogP contribution in [0.25, 0.3) is 21.9 Å². The van der Waals surface area contributed by atoms with Crippen molar-refractivity contribution in [2.75, 3.05) is 13.7 Å². The summed E-state index contributed by atoms with van der Waals surface area (Å²) in [4.78, 5) is 13.0. The topological polar surface area (TPSA) is 179 Å². The van der Waals surface area contributed by atoms with Crippen molar-refractivity contribution >= 4 is 21.9 Å². The van der Waals surface area contributed by atoms with Gasteiger partial charge in [-0.2, -0.15) is 0 Å². The van der Waals surface area contributed by atoms with Crippen molar-refractivity contribution in [1.29, 1.82) is 0 Å². The van der Waals surface area contributed by atoms with Gasteiger partial charge in [-0.25, -0.2) is 0 Å². The Kier molecular flexibility index (Phi) is 5.37. The summed E-state index contributed by atoms with van der Waals surface area (Å²) in [5.41, 5.74) is -0.999. The summed E-state index contributed by atoms with van der Waals surface area (Å²) in [6.45, 7) is -0.656. The van der Waals surface area contributed by atoms with Crippen molar-refractivity contribution in [1.82, 2.24) is 0 Å². The normalized spacial score (nSPS) is 26.3. The molecule has 11 nitrogen and oxygen atoms in total. The van der Waals surface area contributed by atoms with Crippen LogP contribution in [-0.2, 0) is 4.74 Å². The minimum Gasteiger partial charge on any atom is -0.504 e. The molecular formula is C20H20O11. The Morgan fingerprint density at radius 1 is 1.00 bits per heavy atom. The van der Waals surface area contributed by atoms with E-state index >= 15 is 0 Å². The molecule has 3 aromatic rings. The van der Waals surface area contributed by atoms with Crippen LogP contribution in [0.1, 0.15) is 0 Å². The average molecular weight is 436 g/mol. The first-order valence-electron chi connectivity index (χ1n) is 9.23. The van der Waals surface area contributed by atoms with Gasteiger partial charge in [-0.1, -0.05) is 0 Å². The molecule has 2 heterocycles. The average Bonchev–Trinajstić information content (AvgIpc) is 2.77. The smallest absolute Gasteiger partial charge is 0.229 e. The molecule has 1 aliphatic rings. The Bertz CT molecular complexity index is 1190. The number of aliphatic hydroxyl groups is 4. The lowest BCUT2D eigenvalue weighted by Gasteiger charge is -2.39. The van der Waals surface area contributed by atoms with E-state index in [-0.39, 0.29) is 33.4 Å². The first-order valence-corrected chi connectivity index (χ1v) is 9.23. The van der Waals surface area contributed by atoms with Gasteiger partial charge in [0.05, 0.1) is 24.5 Å². The van der Waals surface area contributed by atoms with E-state index < -0.39 is 54.2 Å². The van der Waals surface area contributed by atoms with Crippen LogP contribution in [0.15, 0.2) is 33.5 Å². The van der Waals surface area contributed by atoms with Crippen LogP contribution in [0.2, 0.25) is 0 Å². The molecule has 6 N–H and O–H groups in total. The number of rotatable bonds is 4. The summed E-state index contributed by atoms with van der Waals surface area (Å²) in [7, 11) is 1.35. The largest absolute Gasteiger partial charge is 0.504 e. The Hall–Kier alpha value is -3.09. The lowest BCUT2D eigenvalue weighted by Crippen LogP contribution is -2.60. The predicted molar refractivity (Wildman–Crippen MR) is 104 cm³/mol. The highest BCUT2D eigenvalue weighted by atomic mass is 16.7. The quantitative estimate of drug-likeness (QED) is 0.230. The van der Waals surface area contributed by atoms with Gasteiger partial charge in [0.2, 0.25) is 17.5 Å². The molecule has 0 radical (unpaired) electrons. The van der Waals surface area contributed by atoms with E-state index in [9.17, 15) is 35.4 Å². The SMILES string of the molecule is COc1cc(O[C@H]2O[C@@H](CO)[C@H](O)[C@@H](O)[C@@H]2O)c2oc3c(O)c(O)ccc3c(=O)c2c1. The molecule has 2 aromatic carbocycles. The Labute approximate surface area is 173 Å². The molecule has 0 saturated carbocycles. The fraction of sp³-hybridized carbons (Fsp3) is 0.350. The molecule has 1 aliphatic heterocycles. The van der Waals surface area contributed by atoms with Gasteiger partial charge >= 0.3 is 0 Å². The van der Waals surface area contributed by atoms with Crippen molar-refractivity contribution in [2.45, 2.75) is 30.7 Å². The Morgan fingerprint density at radius 2 is 1.74 bits per heavy atom. The number of aliphatic hydroxyl groups excluding tert-OH is 4. The lowest BCUT2D eigenvalue weighted by molar-refractivity contribution is -0.277. The minimum atomic E-state index is -1.70. The zero-order chi connectivity index (χ0) is 22.4. The second kappa shape index (κ2) is 7.87. The number of methoxy groups -OCH3 is 1. The van der Waals surface area contributed by atoms with Crippen LogP contribution in [0.5, 0.6) is 23.0 Å². The fourth-order valence-electron chi connectivity index (χ4n) is 3.44. The molecular weight excluding hydrogens is 416 g/mol. The Morgan fingerprint density at radius 3 is 2.42 bits per heavy atom. The maximum absolute atomic E-state index is 13.0. The minimum absolute atomic E-state index is 0.00477. The summed E-state index contributed by atoms with van der Waals surface area (Å²) >= 11 is 0. The third-order valence-corrected chi connectivity index (χ3v) is 5.16. The van der Waals surface area contributed by atoms with Crippen LogP contribution in [0.4, 0.5) is 0 Å². The van der Waals surface area contributed by atoms with E-state index in [2.05, 4.69) is 0 Å². The number of fused-ring (bicyclic) bond motifs is 2. The van der Waals surface area contributed by atoms with Crippen LogP contribution in [0.3, 0.4) is 0 Å². The maximum Gasteiger partial charge on any atom is 0.229 e. The summed E-state index contributed by atoms with van der Waals surface area (Å²) < 4.78 is 21.8. The van der Waals surface area contributed by atoms with Crippen molar-refractivity contribution in [3.05, 3.63) is 34.5 Å². The molecule has 11 heteroatoms. The second-order valence-corrected chi connectivity index (χ2v) is 7.06. The summed E-state index contributed by atoms with van der Waals surface area (Å²) in [5, 5.41) is 59.4. The van der Waals surface area contributed by atoms with Gasteiger partial charge < -0.3 is 49.3 Å². The standard InChI is InChI=1S/C20H20O11/c1-28-7-4-9-13(23)8-2-3-10(22)14(24)19(8)31-18(9)11(5-7)29-20-17(27)16(26)15(25)12(6-21)30-20/h2-5,12,15-17,20-22,24-27H,6H2,1H3/t12-,15-,16+,17-,20-/m0/s1. The molecule has 4 rings (SSSR count). The van der Waals surface area contributed by atoms with Gasteiger partial charge in [-0.3, -0.25) is 4.79 Å². The number of phenols is 2. The van der Waals surface area contributed by atoms with Gasteiger partial charge in [0.15, 0.2) is 22.7 Å². The van der Waals surface area contributed by atoms with Crippen molar-refractivity contribution < 1.29 is 49.3 Å². The van der Waals surface area contributed by atoms with Crippen LogP contribution in [0, 0.1) is 0 Å². The van der Waals surface area contributed by atoms with Gasteiger partial charge in [0.25, 0.3) is 0 Å². The zero-order valence-corrected chi connectivity index (χ0v) is 16.1. The van der Waals surface area contributed by atoms with Crippen LogP contribution < -0.4 is 14.9 Å². The molecule has 5 atom stereocenters. The second-order valence-electron chi connectivity index (χ2n) is 7.06. The molecule has 1 aromatic heterocycles. The molecule has 0 spiro atoms. The third-order valence-electron chi connectivity index (χ3n) is 5.16. The maximum atomic E-state index is 13.0. The van der Waals surface area contributed by atoms with Gasteiger partial charge in [-0.05, 0) is 18.2 Å². The van der Waals surface area contributed by atoms with Gasteiger partial charge in [-0.15, -0.1) is 0 Å². The van der Waals surface area contributed by atoms with E-state index in [0.717, 1.165) is 6.07 Å². The highest BCUT2D eigenvalue weighted by Crippen LogP contribution is 2.38. The van der Waals surface area contributed by atoms with E-state index in [0.29, 0.717) is 0 Å². The molecule has 1 fully saturated rings. The van der Waals surface area contributed by atoms with Crippen LogP contribution >= 0.6 is 0 Å². The summed E-state index contributed by atoms with van der Waals surface area (Å²) in [5.74, 6) is -1.10. The number of benzene rings is 2. The highest BCUT2D eigenvalue weighted by Gasteiger charge is 2.45. The fourth-order valence-corrected chi connectivity index (χ4v) is 3.44.